The maximum atomic E-state index is 5.59. The molecule has 4 heteroatoms. The van der Waals surface area contributed by atoms with Crippen molar-refractivity contribution in [3.63, 3.8) is 0 Å². The zero-order valence-corrected chi connectivity index (χ0v) is 16.4. The third-order valence-electron chi connectivity index (χ3n) is 5.95. The van der Waals surface area contributed by atoms with Crippen LogP contribution in [-0.4, -0.2) is 19.2 Å². The number of fused-ring (bicyclic) bond motifs is 1. The van der Waals surface area contributed by atoms with Crippen molar-refractivity contribution in [2.75, 3.05) is 14.2 Å². The van der Waals surface area contributed by atoms with Gasteiger partial charge in [-0.25, -0.2) is 0 Å². The minimum Gasteiger partial charge on any atom is -0.493 e. The molecule has 0 spiro atoms. The summed E-state index contributed by atoms with van der Waals surface area (Å²) in [6.45, 7) is 2.15. The fraction of sp³-hybridized carbons (Fsp3) is 0.435. The highest BCUT2D eigenvalue weighted by Crippen LogP contribution is 2.43. The molecule has 1 aliphatic carbocycles. The van der Waals surface area contributed by atoms with Gasteiger partial charge in [0.25, 0.3) is 0 Å². The van der Waals surface area contributed by atoms with Gasteiger partial charge in [0.05, 0.1) is 26.0 Å². The molecule has 27 heavy (non-hydrogen) atoms. The summed E-state index contributed by atoms with van der Waals surface area (Å²) >= 11 is 0. The zero-order chi connectivity index (χ0) is 18.8. The van der Waals surface area contributed by atoms with Crippen molar-refractivity contribution in [3.05, 3.63) is 65.0 Å². The number of ether oxygens (including phenoxy) is 2. The molecule has 0 saturated carbocycles. The molecule has 0 amide bonds. The number of aromatic nitrogens is 1. The Bertz CT molecular complexity index is 846. The fourth-order valence-electron chi connectivity index (χ4n) is 4.54. The van der Waals surface area contributed by atoms with Gasteiger partial charge < -0.3 is 14.8 Å². The second-order valence-electron chi connectivity index (χ2n) is 7.56. The molecule has 142 valence electrons. The minimum absolute atomic E-state index is 0.215. The van der Waals surface area contributed by atoms with E-state index in [0.29, 0.717) is 12.0 Å². The predicted octanol–water partition coefficient (Wildman–Crippen LogP) is 4.69. The monoisotopic (exact) mass is 364 g/mol. The van der Waals surface area contributed by atoms with E-state index in [0.717, 1.165) is 36.5 Å². The Morgan fingerprint density at radius 3 is 2.63 bits per heavy atom. The van der Waals surface area contributed by atoms with E-state index in [1.165, 1.54) is 23.1 Å². The SMILES string of the molecule is COc1cc2c(cc1OC)[C@H]([C@H]1CC=CCC1)N[C@H](c1ncccc1C)C2. The predicted molar refractivity (Wildman–Crippen MR) is 107 cm³/mol. The maximum Gasteiger partial charge on any atom is 0.161 e. The van der Waals surface area contributed by atoms with E-state index in [2.05, 4.69) is 42.6 Å². The van der Waals surface area contributed by atoms with Crippen LogP contribution in [0.5, 0.6) is 11.5 Å². The highest BCUT2D eigenvalue weighted by Gasteiger charge is 2.34. The summed E-state index contributed by atoms with van der Waals surface area (Å²) < 4.78 is 11.2. The van der Waals surface area contributed by atoms with Gasteiger partial charge in [0.1, 0.15) is 0 Å². The van der Waals surface area contributed by atoms with Gasteiger partial charge in [0, 0.05) is 12.2 Å². The lowest BCUT2D eigenvalue weighted by atomic mass is 9.78. The lowest BCUT2D eigenvalue weighted by Crippen LogP contribution is -2.38. The maximum absolute atomic E-state index is 5.59. The van der Waals surface area contributed by atoms with Crippen LogP contribution >= 0.6 is 0 Å². The molecule has 4 rings (SSSR count). The first kappa shape index (κ1) is 18.1. The van der Waals surface area contributed by atoms with Gasteiger partial charge in [-0.1, -0.05) is 18.2 Å². The molecule has 2 aliphatic rings. The van der Waals surface area contributed by atoms with E-state index < -0.39 is 0 Å². The van der Waals surface area contributed by atoms with Crippen LogP contribution in [0.3, 0.4) is 0 Å². The summed E-state index contributed by atoms with van der Waals surface area (Å²) in [7, 11) is 3.41. The number of methoxy groups -OCH3 is 2. The molecular formula is C23H28N2O2. The third-order valence-corrected chi connectivity index (χ3v) is 5.95. The number of pyridine rings is 1. The number of hydrogen-bond acceptors (Lipinski definition) is 4. The molecule has 1 aromatic carbocycles. The van der Waals surface area contributed by atoms with Crippen molar-refractivity contribution in [3.8, 4) is 11.5 Å². The van der Waals surface area contributed by atoms with Gasteiger partial charge in [-0.15, -0.1) is 0 Å². The van der Waals surface area contributed by atoms with Crippen molar-refractivity contribution >= 4 is 0 Å². The molecule has 1 aromatic heterocycles. The largest absolute Gasteiger partial charge is 0.493 e. The topological polar surface area (TPSA) is 43.4 Å². The van der Waals surface area contributed by atoms with Gasteiger partial charge in [0.15, 0.2) is 11.5 Å². The summed E-state index contributed by atoms with van der Waals surface area (Å²) in [5.41, 5.74) is 5.06. The van der Waals surface area contributed by atoms with Gasteiger partial charge in [0.2, 0.25) is 0 Å². The van der Waals surface area contributed by atoms with E-state index in [9.17, 15) is 0 Å². The highest BCUT2D eigenvalue weighted by molar-refractivity contribution is 5.50. The van der Waals surface area contributed by atoms with Gasteiger partial charge in [-0.05, 0) is 73.4 Å². The fourth-order valence-corrected chi connectivity index (χ4v) is 4.54. The average Bonchev–Trinajstić information content (AvgIpc) is 2.72. The Hall–Kier alpha value is -2.33. The smallest absolute Gasteiger partial charge is 0.161 e. The molecule has 0 radical (unpaired) electrons. The Kier molecular flexibility index (Phi) is 5.17. The van der Waals surface area contributed by atoms with Crippen LogP contribution < -0.4 is 14.8 Å². The average molecular weight is 364 g/mol. The van der Waals surface area contributed by atoms with Crippen molar-refractivity contribution < 1.29 is 9.47 Å². The summed E-state index contributed by atoms with van der Waals surface area (Å²) in [6, 6.07) is 8.99. The van der Waals surface area contributed by atoms with Crippen LogP contribution in [0.1, 0.15) is 53.7 Å². The minimum atomic E-state index is 0.215. The molecule has 0 saturated heterocycles. The van der Waals surface area contributed by atoms with Crippen LogP contribution in [0.25, 0.3) is 0 Å². The first-order valence-corrected chi connectivity index (χ1v) is 9.78. The van der Waals surface area contributed by atoms with E-state index in [1.807, 2.05) is 12.3 Å². The number of nitrogens with one attached hydrogen (secondary N) is 1. The Morgan fingerprint density at radius 1 is 1.11 bits per heavy atom. The van der Waals surface area contributed by atoms with Gasteiger partial charge in [-0.2, -0.15) is 0 Å². The second kappa shape index (κ2) is 7.73. The zero-order valence-electron chi connectivity index (χ0n) is 16.4. The molecule has 2 aromatic rings. The first-order valence-electron chi connectivity index (χ1n) is 9.78. The Labute approximate surface area is 161 Å². The summed E-state index contributed by atoms with van der Waals surface area (Å²) in [6.07, 6.45) is 10.9. The van der Waals surface area contributed by atoms with Crippen LogP contribution in [0.15, 0.2) is 42.6 Å². The lowest BCUT2D eigenvalue weighted by Gasteiger charge is -2.39. The molecule has 0 unspecified atom stereocenters. The summed E-state index contributed by atoms with van der Waals surface area (Å²) in [5.74, 6) is 2.19. The number of hydrogen-bond donors (Lipinski definition) is 1. The Balaban J connectivity index is 1.78. The number of aryl methyl sites for hydroxylation is 1. The number of benzene rings is 1. The number of rotatable bonds is 4. The molecule has 2 heterocycles. The van der Waals surface area contributed by atoms with Crippen LogP contribution in [0, 0.1) is 12.8 Å². The van der Waals surface area contributed by atoms with Crippen molar-refractivity contribution in [1.29, 1.82) is 0 Å². The van der Waals surface area contributed by atoms with Crippen LogP contribution in [0.2, 0.25) is 0 Å². The standard InChI is InChI=1S/C23H28N2O2/c1-15-8-7-11-24-22(15)19-12-17-13-20(26-2)21(27-3)14-18(17)23(25-19)16-9-5-4-6-10-16/h4-5,7-8,11,13-14,16,19,23,25H,6,9-10,12H2,1-3H3/t16-,19-,23-/m0/s1. The quantitative estimate of drug-likeness (QED) is 0.799. The lowest BCUT2D eigenvalue weighted by molar-refractivity contribution is 0.282. The van der Waals surface area contributed by atoms with Crippen molar-refractivity contribution in [2.45, 2.75) is 44.7 Å². The molecule has 3 atom stereocenters. The van der Waals surface area contributed by atoms with Crippen molar-refractivity contribution in [1.82, 2.24) is 10.3 Å². The summed E-state index contributed by atoms with van der Waals surface area (Å²) in [4.78, 5) is 4.70. The number of nitrogens with zero attached hydrogens (tertiary/aromatic N) is 1. The van der Waals surface area contributed by atoms with E-state index in [1.54, 1.807) is 14.2 Å². The highest BCUT2D eigenvalue weighted by atomic mass is 16.5. The van der Waals surface area contributed by atoms with E-state index >= 15 is 0 Å². The van der Waals surface area contributed by atoms with Gasteiger partial charge in [-0.3, -0.25) is 4.98 Å². The Morgan fingerprint density at radius 2 is 1.93 bits per heavy atom. The van der Waals surface area contributed by atoms with E-state index in [-0.39, 0.29) is 6.04 Å². The van der Waals surface area contributed by atoms with E-state index in [4.69, 9.17) is 14.5 Å². The second-order valence-corrected chi connectivity index (χ2v) is 7.56. The molecule has 1 aliphatic heterocycles. The molecule has 0 fully saturated rings. The van der Waals surface area contributed by atoms with Crippen LogP contribution in [-0.2, 0) is 6.42 Å². The van der Waals surface area contributed by atoms with Gasteiger partial charge >= 0.3 is 0 Å². The van der Waals surface area contributed by atoms with Crippen LogP contribution in [0.4, 0.5) is 0 Å². The third kappa shape index (κ3) is 3.46. The molecular weight excluding hydrogens is 336 g/mol. The first-order chi connectivity index (χ1) is 13.2. The van der Waals surface area contributed by atoms with Crippen molar-refractivity contribution in [2.24, 2.45) is 5.92 Å². The number of allylic oxidation sites excluding steroid dienone is 2. The summed E-state index contributed by atoms with van der Waals surface area (Å²) in [5, 5.41) is 3.93. The molecule has 1 N–H and O–H groups in total. The molecule has 4 nitrogen and oxygen atoms in total. The molecule has 0 bridgehead atoms. The normalized spacial score (nSPS) is 24.3.